The normalized spacial score (nSPS) is 19.4. The number of unbranched alkanes of at least 4 members (excludes halogenated alkanes) is 2. The molecule has 0 aromatic heterocycles. The van der Waals surface area contributed by atoms with E-state index in [1.54, 1.807) is 0 Å². The van der Waals surface area contributed by atoms with Gasteiger partial charge < -0.3 is 9.84 Å². The van der Waals surface area contributed by atoms with Gasteiger partial charge in [0.1, 0.15) is 17.1 Å². The second-order valence-electron chi connectivity index (χ2n) is 7.91. The SMILES string of the molecule is CCCCCc1cc2c(c(O)c1C)C=CC(C)(CCCC(C)C)O2. The van der Waals surface area contributed by atoms with Crippen molar-refractivity contribution in [1.29, 1.82) is 0 Å². The van der Waals surface area contributed by atoms with Crippen molar-refractivity contribution >= 4 is 6.08 Å². The Morgan fingerprint density at radius 3 is 2.62 bits per heavy atom. The number of ether oxygens (including phenoxy) is 1. The van der Waals surface area contributed by atoms with Crippen LogP contribution in [-0.2, 0) is 6.42 Å². The zero-order valence-corrected chi connectivity index (χ0v) is 16.1. The van der Waals surface area contributed by atoms with Gasteiger partial charge in [-0.3, -0.25) is 0 Å². The van der Waals surface area contributed by atoms with Gasteiger partial charge in [0, 0.05) is 0 Å². The van der Waals surface area contributed by atoms with E-state index in [0.717, 1.165) is 48.5 Å². The van der Waals surface area contributed by atoms with E-state index in [-0.39, 0.29) is 5.60 Å². The third-order valence-electron chi connectivity index (χ3n) is 5.11. The van der Waals surface area contributed by atoms with Gasteiger partial charge in [0.2, 0.25) is 0 Å². The fourth-order valence-electron chi connectivity index (χ4n) is 3.43. The summed E-state index contributed by atoms with van der Waals surface area (Å²) in [6.07, 6.45) is 12.2. The Kier molecular flexibility index (Phi) is 6.37. The van der Waals surface area contributed by atoms with Crippen molar-refractivity contribution in [1.82, 2.24) is 0 Å². The van der Waals surface area contributed by atoms with Crippen molar-refractivity contribution in [3.8, 4) is 11.5 Å². The topological polar surface area (TPSA) is 29.5 Å². The molecule has 24 heavy (non-hydrogen) atoms. The van der Waals surface area contributed by atoms with Gasteiger partial charge in [0.05, 0.1) is 5.56 Å². The maximum atomic E-state index is 10.6. The molecule has 0 spiro atoms. The van der Waals surface area contributed by atoms with E-state index in [0.29, 0.717) is 5.75 Å². The van der Waals surface area contributed by atoms with Crippen molar-refractivity contribution in [2.45, 2.75) is 85.2 Å². The number of benzene rings is 1. The number of aromatic hydroxyl groups is 1. The van der Waals surface area contributed by atoms with Gasteiger partial charge in [-0.2, -0.15) is 0 Å². The average Bonchev–Trinajstić information content (AvgIpc) is 2.51. The van der Waals surface area contributed by atoms with Crippen LogP contribution in [0.15, 0.2) is 12.1 Å². The molecule has 1 unspecified atom stereocenters. The Morgan fingerprint density at radius 2 is 1.96 bits per heavy atom. The second-order valence-corrected chi connectivity index (χ2v) is 7.91. The minimum atomic E-state index is -0.260. The first-order valence-electron chi connectivity index (χ1n) is 9.60. The lowest BCUT2D eigenvalue weighted by atomic mass is 9.90. The zero-order chi connectivity index (χ0) is 17.7. The van der Waals surface area contributed by atoms with E-state index in [2.05, 4.69) is 39.8 Å². The second kappa shape index (κ2) is 8.09. The first-order valence-corrected chi connectivity index (χ1v) is 9.60. The summed E-state index contributed by atoms with van der Waals surface area (Å²) >= 11 is 0. The third kappa shape index (κ3) is 4.55. The molecule has 1 aromatic carbocycles. The van der Waals surface area contributed by atoms with Crippen molar-refractivity contribution in [2.24, 2.45) is 5.92 Å². The van der Waals surface area contributed by atoms with Crippen LogP contribution in [0.3, 0.4) is 0 Å². The van der Waals surface area contributed by atoms with E-state index in [4.69, 9.17) is 4.74 Å². The largest absolute Gasteiger partial charge is 0.507 e. The quantitative estimate of drug-likeness (QED) is 0.557. The predicted molar refractivity (Wildman–Crippen MR) is 103 cm³/mol. The van der Waals surface area contributed by atoms with Gasteiger partial charge in [-0.05, 0) is 74.8 Å². The summed E-state index contributed by atoms with van der Waals surface area (Å²) in [7, 11) is 0. The highest BCUT2D eigenvalue weighted by atomic mass is 16.5. The van der Waals surface area contributed by atoms with Crippen molar-refractivity contribution in [3.05, 3.63) is 28.8 Å². The van der Waals surface area contributed by atoms with Gasteiger partial charge in [0.15, 0.2) is 0 Å². The van der Waals surface area contributed by atoms with Crippen LogP contribution >= 0.6 is 0 Å². The number of phenols is 1. The zero-order valence-electron chi connectivity index (χ0n) is 16.1. The Morgan fingerprint density at radius 1 is 1.21 bits per heavy atom. The highest BCUT2D eigenvalue weighted by Crippen LogP contribution is 2.41. The van der Waals surface area contributed by atoms with E-state index >= 15 is 0 Å². The van der Waals surface area contributed by atoms with Gasteiger partial charge in [-0.1, -0.05) is 40.0 Å². The lowest BCUT2D eigenvalue weighted by Crippen LogP contribution is -2.32. The number of rotatable bonds is 8. The van der Waals surface area contributed by atoms with Crippen molar-refractivity contribution in [2.75, 3.05) is 0 Å². The molecule has 1 aliphatic heterocycles. The molecule has 1 atom stereocenters. The summed E-state index contributed by atoms with van der Waals surface area (Å²) in [5, 5.41) is 10.6. The molecular weight excluding hydrogens is 296 g/mol. The van der Waals surface area contributed by atoms with Crippen molar-refractivity contribution < 1.29 is 9.84 Å². The van der Waals surface area contributed by atoms with Crippen LogP contribution in [0.1, 0.15) is 82.9 Å². The van der Waals surface area contributed by atoms with E-state index in [1.165, 1.54) is 24.8 Å². The van der Waals surface area contributed by atoms with E-state index in [1.807, 2.05) is 13.0 Å². The van der Waals surface area contributed by atoms with Crippen LogP contribution in [0.4, 0.5) is 0 Å². The molecule has 1 N–H and O–H groups in total. The molecule has 0 amide bonds. The third-order valence-corrected chi connectivity index (χ3v) is 5.11. The standard InChI is InChI=1S/C22H34O2/c1-6-7-8-11-18-15-20-19(21(23)17(18)4)12-14-22(5,24-20)13-9-10-16(2)3/h12,14-16,23H,6-11,13H2,1-5H3. The minimum Gasteiger partial charge on any atom is -0.507 e. The minimum absolute atomic E-state index is 0.260. The summed E-state index contributed by atoms with van der Waals surface area (Å²) in [6.45, 7) is 10.9. The van der Waals surface area contributed by atoms with Gasteiger partial charge >= 0.3 is 0 Å². The molecule has 2 heteroatoms. The molecule has 0 aliphatic carbocycles. The Hall–Kier alpha value is -1.44. The molecule has 0 saturated carbocycles. The highest BCUT2D eigenvalue weighted by Gasteiger charge is 2.29. The lowest BCUT2D eigenvalue weighted by molar-refractivity contribution is 0.122. The van der Waals surface area contributed by atoms with Gasteiger partial charge in [-0.25, -0.2) is 0 Å². The van der Waals surface area contributed by atoms with E-state index in [9.17, 15) is 5.11 Å². The summed E-state index contributed by atoms with van der Waals surface area (Å²) in [4.78, 5) is 0. The van der Waals surface area contributed by atoms with Crippen LogP contribution in [0, 0.1) is 12.8 Å². The Balaban J connectivity index is 2.17. The van der Waals surface area contributed by atoms with Gasteiger partial charge in [0.25, 0.3) is 0 Å². The summed E-state index contributed by atoms with van der Waals surface area (Å²) in [6, 6.07) is 2.16. The van der Waals surface area contributed by atoms with Crippen LogP contribution in [0.2, 0.25) is 0 Å². The first kappa shape index (κ1) is 18.9. The number of hydrogen-bond acceptors (Lipinski definition) is 2. The molecule has 2 nitrogen and oxygen atoms in total. The molecule has 1 heterocycles. The molecule has 0 bridgehead atoms. The molecule has 0 fully saturated rings. The van der Waals surface area contributed by atoms with Gasteiger partial charge in [-0.15, -0.1) is 0 Å². The number of hydrogen-bond donors (Lipinski definition) is 1. The van der Waals surface area contributed by atoms with Crippen LogP contribution in [0.5, 0.6) is 11.5 Å². The maximum Gasteiger partial charge on any atom is 0.131 e. The predicted octanol–water partition coefficient (Wildman–Crippen LogP) is 6.42. The Bertz CT molecular complexity index is 586. The molecule has 0 radical (unpaired) electrons. The summed E-state index contributed by atoms with van der Waals surface area (Å²) < 4.78 is 6.34. The van der Waals surface area contributed by atoms with Crippen molar-refractivity contribution in [3.63, 3.8) is 0 Å². The Labute approximate surface area is 147 Å². The highest BCUT2D eigenvalue weighted by molar-refractivity contribution is 5.70. The first-order chi connectivity index (χ1) is 11.4. The molecule has 2 rings (SSSR count). The molecule has 134 valence electrons. The lowest BCUT2D eigenvalue weighted by Gasteiger charge is -2.33. The molecule has 1 aliphatic rings. The summed E-state index contributed by atoms with van der Waals surface area (Å²) in [5.41, 5.74) is 2.80. The monoisotopic (exact) mass is 330 g/mol. The number of aryl methyl sites for hydroxylation is 1. The molecule has 1 aromatic rings. The average molecular weight is 331 g/mol. The fourth-order valence-corrected chi connectivity index (χ4v) is 3.43. The van der Waals surface area contributed by atoms with Crippen LogP contribution < -0.4 is 4.74 Å². The number of phenolic OH excluding ortho intramolecular Hbond substituents is 1. The van der Waals surface area contributed by atoms with Crippen LogP contribution in [-0.4, -0.2) is 10.7 Å². The smallest absolute Gasteiger partial charge is 0.131 e. The summed E-state index contributed by atoms with van der Waals surface area (Å²) in [5.74, 6) is 1.96. The fraction of sp³-hybridized carbons (Fsp3) is 0.636. The number of fused-ring (bicyclic) bond motifs is 1. The maximum absolute atomic E-state index is 10.6. The van der Waals surface area contributed by atoms with E-state index < -0.39 is 0 Å². The molecular formula is C22H34O2. The molecule has 0 saturated heterocycles. The van der Waals surface area contributed by atoms with Crippen LogP contribution in [0.25, 0.3) is 6.08 Å².